The van der Waals surface area contributed by atoms with E-state index in [-0.39, 0.29) is 0 Å². The minimum atomic E-state index is 0.998. The molecule has 0 bridgehead atoms. The van der Waals surface area contributed by atoms with Gasteiger partial charge in [-0.2, -0.15) is 0 Å². The van der Waals surface area contributed by atoms with Crippen molar-refractivity contribution in [1.82, 2.24) is 0 Å². The van der Waals surface area contributed by atoms with Gasteiger partial charge in [-0.05, 0) is 91.8 Å². The Bertz CT molecular complexity index is 1590. The van der Waals surface area contributed by atoms with Crippen molar-refractivity contribution in [2.45, 2.75) is 33.1 Å². The fourth-order valence-corrected chi connectivity index (χ4v) is 6.70. The summed E-state index contributed by atoms with van der Waals surface area (Å²) in [7, 11) is 0. The molecule has 0 atom stereocenters. The lowest BCUT2D eigenvalue weighted by Crippen LogP contribution is -2.10. The third kappa shape index (κ3) is 4.77. The maximum atomic E-state index is 2.45. The summed E-state index contributed by atoms with van der Waals surface area (Å²) in [5.41, 5.74) is 10.2. The first kappa shape index (κ1) is 23.5. The van der Waals surface area contributed by atoms with Gasteiger partial charge in [0.15, 0.2) is 0 Å². The van der Waals surface area contributed by atoms with Gasteiger partial charge in [0.25, 0.3) is 0 Å². The van der Waals surface area contributed by atoms with E-state index in [0.29, 0.717) is 0 Å². The molecule has 2 heteroatoms. The average molecular weight is 498 g/mol. The van der Waals surface area contributed by atoms with Gasteiger partial charge in [0.2, 0.25) is 0 Å². The first-order valence-electron chi connectivity index (χ1n) is 13.1. The van der Waals surface area contributed by atoms with Gasteiger partial charge in [-0.25, -0.2) is 0 Å². The molecule has 0 fully saturated rings. The zero-order valence-electron chi connectivity index (χ0n) is 21.4. The third-order valence-electron chi connectivity index (χ3n) is 6.99. The Balaban J connectivity index is 1.56. The number of anilines is 3. The van der Waals surface area contributed by atoms with Crippen LogP contribution in [0.15, 0.2) is 115 Å². The van der Waals surface area contributed by atoms with E-state index in [1.165, 1.54) is 59.9 Å². The van der Waals surface area contributed by atoms with Crippen LogP contribution in [0.4, 0.5) is 17.1 Å². The number of rotatable bonds is 5. The largest absolute Gasteiger partial charge is 0.310 e. The monoisotopic (exact) mass is 497 g/mol. The predicted octanol–water partition coefficient (Wildman–Crippen LogP) is 10.8. The van der Waals surface area contributed by atoms with Crippen LogP contribution in [0.1, 0.15) is 35.3 Å². The number of benzene rings is 4. The molecular weight excluding hydrogens is 466 g/mol. The topological polar surface area (TPSA) is 3.24 Å². The molecular formula is C35H31NS. The van der Waals surface area contributed by atoms with Gasteiger partial charge in [0.1, 0.15) is 0 Å². The molecule has 1 nitrogen and oxygen atoms in total. The van der Waals surface area contributed by atoms with Crippen LogP contribution in [-0.4, -0.2) is 0 Å². The van der Waals surface area contributed by atoms with E-state index >= 15 is 0 Å². The summed E-state index contributed by atoms with van der Waals surface area (Å²) in [4.78, 5) is 3.79. The van der Waals surface area contributed by atoms with Crippen molar-refractivity contribution < 1.29 is 0 Å². The second-order valence-corrected chi connectivity index (χ2v) is 10.9. The zero-order chi connectivity index (χ0) is 25.2. The highest BCUT2D eigenvalue weighted by Crippen LogP contribution is 2.46. The van der Waals surface area contributed by atoms with Crippen molar-refractivity contribution in [3.63, 3.8) is 0 Å². The summed E-state index contributed by atoms with van der Waals surface area (Å²) in [6.45, 7) is 4.35. The molecule has 6 rings (SSSR count). The average Bonchev–Trinajstić information content (AvgIpc) is 3.07. The molecule has 1 aromatic heterocycles. The maximum absolute atomic E-state index is 2.45. The van der Waals surface area contributed by atoms with Crippen molar-refractivity contribution in [2.75, 3.05) is 4.90 Å². The highest BCUT2D eigenvalue weighted by Gasteiger charge is 2.20. The van der Waals surface area contributed by atoms with E-state index < -0.39 is 0 Å². The lowest BCUT2D eigenvalue weighted by molar-refractivity contribution is 1.06. The Kier molecular flexibility index (Phi) is 6.51. The Hall–Kier alpha value is -3.88. The summed E-state index contributed by atoms with van der Waals surface area (Å²) < 4.78 is 1.32. The van der Waals surface area contributed by atoms with E-state index in [1.807, 2.05) is 11.3 Å². The number of hydrogen-bond acceptors (Lipinski definition) is 2. The molecule has 0 saturated heterocycles. The lowest BCUT2D eigenvalue weighted by Gasteiger charge is -2.26. The van der Waals surface area contributed by atoms with Gasteiger partial charge in [-0.1, -0.05) is 78.9 Å². The molecule has 0 radical (unpaired) electrons. The number of fused-ring (bicyclic) bond motifs is 1. The SMILES string of the molecule is Cc1cc(C)cc(N(c2ccccc2)c2ccc3c(-c4ccccc4)c(C4=CCCC=CC4)sc3c2)c1. The van der Waals surface area contributed by atoms with Crippen LogP contribution in [-0.2, 0) is 0 Å². The molecule has 0 unspecified atom stereocenters. The molecule has 5 aromatic rings. The van der Waals surface area contributed by atoms with Gasteiger partial charge in [-0.15, -0.1) is 11.3 Å². The van der Waals surface area contributed by atoms with Crippen molar-refractivity contribution in [1.29, 1.82) is 0 Å². The minimum absolute atomic E-state index is 0.998. The van der Waals surface area contributed by atoms with Crippen molar-refractivity contribution in [3.8, 4) is 11.1 Å². The van der Waals surface area contributed by atoms with Crippen molar-refractivity contribution >= 4 is 44.1 Å². The summed E-state index contributed by atoms with van der Waals surface area (Å²) in [6, 6.07) is 35.4. The Morgan fingerprint density at radius 2 is 1.38 bits per heavy atom. The predicted molar refractivity (Wildman–Crippen MR) is 162 cm³/mol. The van der Waals surface area contributed by atoms with E-state index in [0.717, 1.165) is 19.3 Å². The summed E-state index contributed by atoms with van der Waals surface area (Å²) >= 11 is 1.93. The van der Waals surface area contributed by atoms with E-state index in [4.69, 9.17) is 0 Å². The fourth-order valence-electron chi connectivity index (χ4n) is 5.40. The second kappa shape index (κ2) is 10.2. The third-order valence-corrected chi connectivity index (χ3v) is 8.22. The van der Waals surface area contributed by atoms with Crippen LogP contribution in [0, 0.1) is 13.8 Å². The number of thiophene rings is 1. The van der Waals surface area contributed by atoms with Gasteiger partial charge >= 0.3 is 0 Å². The number of allylic oxidation sites excluding steroid dienone is 4. The first-order chi connectivity index (χ1) is 18.2. The highest BCUT2D eigenvalue weighted by molar-refractivity contribution is 7.20. The smallest absolute Gasteiger partial charge is 0.0476 e. The van der Waals surface area contributed by atoms with Crippen molar-refractivity contribution in [3.05, 3.63) is 131 Å². The molecule has 0 saturated carbocycles. The van der Waals surface area contributed by atoms with Crippen LogP contribution < -0.4 is 4.90 Å². The van der Waals surface area contributed by atoms with E-state index in [2.05, 4.69) is 134 Å². The molecule has 1 aliphatic carbocycles. The first-order valence-corrected chi connectivity index (χ1v) is 13.9. The molecule has 1 aliphatic rings. The number of nitrogens with zero attached hydrogens (tertiary/aromatic N) is 1. The standard InChI is InChI=1S/C35H31NS/c1-25-21-26(2)23-31(22-25)36(29-17-11-6-12-18-29)30-19-20-32-33(24-30)37-35(28-15-7-3-4-8-16-28)34(32)27-13-9-5-10-14-27/h3,5-7,9-14,16-24H,4,8,15H2,1-2H3. The van der Waals surface area contributed by atoms with Crippen LogP contribution in [0.2, 0.25) is 0 Å². The number of aryl methyl sites for hydroxylation is 2. The van der Waals surface area contributed by atoms with Crippen LogP contribution >= 0.6 is 11.3 Å². The lowest BCUT2D eigenvalue weighted by atomic mass is 9.97. The minimum Gasteiger partial charge on any atom is -0.310 e. The van der Waals surface area contributed by atoms with Crippen LogP contribution in [0.5, 0.6) is 0 Å². The van der Waals surface area contributed by atoms with Gasteiger partial charge in [0.05, 0.1) is 0 Å². The Labute approximate surface area is 224 Å². The van der Waals surface area contributed by atoms with Gasteiger partial charge in [0, 0.05) is 37.6 Å². The second-order valence-electron chi connectivity index (χ2n) is 9.85. The zero-order valence-corrected chi connectivity index (χ0v) is 22.3. The van der Waals surface area contributed by atoms with Gasteiger partial charge in [-0.3, -0.25) is 0 Å². The molecule has 37 heavy (non-hydrogen) atoms. The summed E-state index contributed by atoms with van der Waals surface area (Å²) in [5, 5.41) is 1.33. The Morgan fingerprint density at radius 3 is 2.14 bits per heavy atom. The normalized spacial score (nSPS) is 13.4. The van der Waals surface area contributed by atoms with E-state index in [9.17, 15) is 0 Å². The van der Waals surface area contributed by atoms with Crippen LogP contribution in [0.3, 0.4) is 0 Å². The highest BCUT2D eigenvalue weighted by atomic mass is 32.1. The van der Waals surface area contributed by atoms with Crippen LogP contribution in [0.25, 0.3) is 26.8 Å². The summed E-state index contributed by atoms with van der Waals surface area (Å²) in [5.74, 6) is 0. The molecule has 0 amide bonds. The van der Waals surface area contributed by atoms with Crippen molar-refractivity contribution in [2.24, 2.45) is 0 Å². The number of para-hydroxylation sites is 1. The van der Waals surface area contributed by atoms with E-state index in [1.54, 1.807) is 0 Å². The quantitative estimate of drug-likeness (QED) is 0.218. The molecule has 0 N–H and O–H groups in total. The fraction of sp³-hybridized carbons (Fsp3) is 0.143. The molecule has 0 spiro atoms. The molecule has 182 valence electrons. The molecule has 0 aliphatic heterocycles. The summed E-state index contributed by atoms with van der Waals surface area (Å²) in [6.07, 6.45) is 10.3. The number of hydrogen-bond donors (Lipinski definition) is 0. The molecule has 4 aromatic carbocycles. The molecule has 1 heterocycles. The van der Waals surface area contributed by atoms with Gasteiger partial charge < -0.3 is 4.90 Å². The maximum Gasteiger partial charge on any atom is 0.0476 e. The Morgan fingerprint density at radius 1 is 0.649 bits per heavy atom.